The van der Waals surface area contributed by atoms with Crippen LogP contribution in [0.2, 0.25) is 0 Å². The van der Waals surface area contributed by atoms with E-state index in [0.29, 0.717) is 11.3 Å². The van der Waals surface area contributed by atoms with Crippen LogP contribution in [-0.4, -0.2) is 37.0 Å². The van der Waals surface area contributed by atoms with E-state index in [2.05, 4.69) is 20.8 Å². The smallest absolute Gasteiger partial charge is 0.344 e. The van der Waals surface area contributed by atoms with Gasteiger partial charge in [0.25, 0.3) is 5.91 Å². The minimum Gasteiger partial charge on any atom is -0.482 e. The highest BCUT2D eigenvalue weighted by molar-refractivity contribution is 5.80. The van der Waals surface area contributed by atoms with Crippen LogP contribution < -0.4 is 4.74 Å². The maximum absolute atomic E-state index is 13.6. The Balaban J connectivity index is 1.75. The number of hydrogen-bond acceptors (Lipinski definition) is 4. The Labute approximate surface area is 165 Å². The van der Waals surface area contributed by atoms with Crippen molar-refractivity contribution in [3.8, 4) is 5.75 Å². The summed E-state index contributed by atoms with van der Waals surface area (Å²) in [4.78, 5) is 25.2. The lowest BCUT2D eigenvalue weighted by Gasteiger charge is -2.19. The van der Waals surface area contributed by atoms with Crippen molar-refractivity contribution in [3.63, 3.8) is 0 Å². The van der Waals surface area contributed by atoms with Gasteiger partial charge in [0.2, 0.25) is 0 Å². The molecule has 0 aliphatic rings. The first-order chi connectivity index (χ1) is 13.2. The quantitative estimate of drug-likeness (QED) is 0.680. The molecule has 0 saturated heterocycles. The SMILES string of the molecule is CN(Cc1ccccc1F)C(=O)COC(=O)COc1ccc(C(C)(C)C)cc1. The van der Waals surface area contributed by atoms with Crippen molar-refractivity contribution in [2.75, 3.05) is 20.3 Å². The van der Waals surface area contributed by atoms with E-state index in [1.54, 1.807) is 30.3 Å². The molecular formula is C22H26FNO4. The average Bonchev–Trinajstić information content (AvgIpc) is 2.65. The number of amides is 1. The summed E-state index contributed by atoms with van der Waals surface area (Å²) >= 11 is 0. The average molecular weight is 387 g/mol. The molecule has 2 aromatic rings. The summed E-state index contributed by atoms with van der Waals surface area (Å²) in [5, 5.41) is 0. The largest absolute Gasteiger partial charge is 0.482 e. The highest BCUT2D eigenvalue weighted by Gasteiger charge is 2.15. The van der Waals surface area contributed by atoms with E-state index in [9.17, 15) is 14.0 Å². The van der Waals surface area contributed by atoms with Crippen LogP contribution in [0.25, 0.3) is 0 Å². The van der Waals surface area contributed by atoms with Gasteiger partial charge >= 0.3 is 5.97 Å². The Morgan fingerprint density at radius 3 is 2.25 bits per heavy atom. The van der Waals surface area contributed by atoms with Crippen molar-refractivity contribution in [1.82, 2.24) is 4.90 Å². The van der Waals surface area contributed by atoms with E-state index in [4.69, 9.17) is 9.47 Å². The number of hydrogen-bond donors (Lipinski definition) is 0. The van der Waals surface area contributed by atoms with E-state index in [1.165, 1.54) is 18.0 Å². The third kappa shape index (κ3) is 6.37. The topological polar surface area (TPSA) is 55.8 Å². The van der Waals surface area contributed by atoms with Crippen LogP contribution in [0.1, 0.15) is 31.9 Å². The van der Waals surface area contributed by atoms with E-state index in [-0.39, 0.29) is 24.4 Å². The number of nitrogens with zero attached hydrogens (tertiary/aromatic N) is 1. The lowest BCUT2D eigenvalue weighted by Crippen LogP contribution is -2.31. The third-order valence-electron chi connectivity index (χ3n) is 4.22. The van der Waals surface area contributed by atoms with Gasteiger partial charge in [-0.25, -0.2) is 9.18 Å². The van der Waals surface area contributed by atoms with E-state index < -0.39 is 18.5 Å². The van der Waals surface area contributed by atoms with E-state index in [1.807, 2.05) is 12.1 Å². The van der Waals surface area contributed by atoms with Gasteiger partial charge in [-0.15, -0.1) is 0 Å². The minimum atomic E-state index is -0.646. The van der Waals surface area contributed by atoms with Crippen LogP contribution in [0.5, 0.6) is 5.75 Å². The lowest BCUT2D eigenvalue weighted by molar-refractivity contribution is -0.153. The maximum atomic E-state index is 13.6. The van der Waals surface area contributed by atoms with Gasteiger partial charge in [0.1, 0.15) is 11.6 Å². The van der Waals surface area contributed by atoms with Crippen molar-refractivity contribution in [2.45, 2.75) is 32.7 Å². The molecule has 2 rings (SSSR count). The molecule has 0 atom stereocenters. The number of likely N-dealkylation sites (N-methyl/N-ethyl adjacent to an activating group) is 1. The molecule has 0 saturated carbocycles. The highest BCUT2D eigenvalue weighted by atomic mass is 19.1. The van der Waals surface area contributed by atoms with Gasteiger partial charge in [0, 0.05) is 19.2 Å². The van der Waals surface area contributed by atoms with E-state index in [0.717, 1.165) is 5.56 Å². The number of rotatable bonds is 7. The number of carbonyl (C=O) groups is 2. The first-order valence-corrected chi connectivity index (χ1v) is 9.03. The zero-order valence-corrected chi connectivity index (χ0v) is 16.7. The van der Waals surface area contributed by atoms with Crippen molar-refractivity contribution < 1.29 is 23.5 Å². The van der Waals surface area contributed by atoms with Crippen molar-refractivity contribution in [2.24, 2.45) is 0 Å². The van der Waals surface area contributed by atoms with Gasteiger partial charge < -0.3 is 14.4 Å². The number of ether oxygens (including phenoxy) is 2. The first kappa shape index (κ1) is 21.4. The van der Waals surface area contributed by atoms with E-state index >= 15 is 0 Å². The van der Waals surface area contributed by atoms with Crippen molar-refractivity contribution in [3.05, 3.63) is 65.5 Å². The Kier molecular flexibility index (Phi) is 7.15. The normalized spacial score (nSPS) is 11.0. The van der Waals surface area contributed by atoms with Gasteiger partial charge in [-0.2, -0.15) is 0 Å². The molecule has 0 aromatic heterocycles. The maximum Gasteiger partial charge on any atom is 0.344 e. The van der Waals surface area contributed by atoms with Crippen LogP contribution in [0.3, 0.4) is 0 Å². The molecule has 0 aliphatic heterocycles. The van der Waals surface area contributed by atoms with Crippen molar-refractivity contribution >= 4 is 11.9 Å². The fourth-order valence-corrected chi connectivity index (χ4v) is 2.46. The summed E-state index contributed by atoms with van der Waals surface area (Å²) < 4.78 is 24.0. The van der Waals surface area contributed by atoms with Gasteiger partial charge in [0.15, 0.2) is 13.2 Å². The zero-order chi connectivity index (χ0) is 20.7. The summed E-state index contributed by atoms with van der Waals surface area (Å²) in [6.45, 7) is 5.72. The second-order valence-electron chi connectivity index (χ2n) is 7.56. The molecule has 5 nitrogen and oxygen atoms in total. The predicted octanol–water partition coefficient (Wildman–Crippen LogP) is 3.70. The Bertz CT molecular complexity index is 812. The second-order valence-corrected chi connectivity index (χ2v) is 7.56. The van der Waals surface area contributed by atoms with Gasteiger partial charge in [-0.05, 0) is 29.2 Å². The molecule has 6 heteroatoms. The molecular weight excluding hydrogens is 361 g/mol. The van der Waals surface area contributed by atoms with Gasteiger partial charge in [-0.1, -0.05) is 51.1 Å². The number of benzene rings is 2. The first-order valence-electron chi connectivity index (χ1n) is 9.03. The number of carbonyl (C=O) groups excluding carboxylic acids is 2. The third-order valence-corrected chi connectivity index (χ3v) is 4.22. The Hall–Kier alpha value is -2.89. The molecule has 0 bridgehead atoms. The standard InChI is InChI=1S/C22H26FNO4/c1-22(2,3)17-9-11-18(12-10-17)27-15-21(26)28-14-20(25)24(4)13-16-7-5-6-8-19(16)23/h5-12H,13-15H2,1-4H3. The summed E-state index contributed by atoms with van der Waals surface area (Å²) in [5.74, 6) is -0.906. The molecule has 0 radical (unpaired) electrons. The van der Waals surface area contributed by atoms with Crippen LogP contribution in [-0.2, 0) is 26.3 Å². The summed E-state index contributed by atoms with van der Waals surface area (Å²) in [6, 6.07) is 13.7. The summed E-state index contributed by atoms with van der Waals surface area (Å²) in [6.07, 6.45) is 0. The van der Waals surface area contributed by atoms with Crippen LogP contribution >= 0.6 is 0 Å². The Morgan fingerprint density at radius 2 is 1.64 bits per heavy atom. The molecule has 150 valence electrons. The van der Waals surface area contributed by atoms with Gasteiger partial charge in [0.05, 0.1) is 0 Å². The lowest BCUT2D eigenvalue weighted by atomic mass is 9.87. The summed E-state index contributed by atoms with van der Waals surface area (Å²) in [7, 11) is 1.52. The van der Waals surface area contributed by atoms with Crippen LogP contribution in [0.15, 0.2) is 48.5 Å². The van der Waals surface area contributed by atoms with Crippen molar-refractivity contribution in [1.29, 1.82) is 0 Å². The molecule has 0 heterocycles. The van der Waals surface area contributed by atoms with Crippen LogP contribution in [0, 0.1) is 5.82 Å². The van der Waals surface area contributed by atoms with Gasteiger partial charge in [-0.3, -0.25) is 4.79 Å². The molecule has 0 N–H and O–H groups in total. The number of halogens is 1. The fourth-order valence-electron chi connectivity index (χ4n) is 2.46. The predicted molar refractivity (Wildman–Crippen MR) is 104 cm³/mol. The molecule has 28 heavy (non-hydrogen) atoms. The molecule has 0 unspecified atom stereocenters. The monoisotopic (exact) mass is 387 g/mol. The molecule has 0 aliphatic carbocycles. The fraction of sp³-hybridized carbons (Fsp3) is 0.364. The van der Waals surface area contributed by atoms with Crippen LogP contribution in [0.4, 0.5) is 4.39 Å². The number of esters is 1. The Morgan fingerprint density at radius 1 is 1.00 bits per heavy atom. The molecule has 0 fully saturated rings. The molecule has 1 amide bonds. The summed E-state index contributed by atoms with van der Waals surface area (Å²) in [5.41, 5.74) is 1.59. The molecule has 0 spiro atoms. The zero-order valence-electron chi connectivity index (χ0n) is 16.7. The minimum absolute atomic E-state index is 0.0342. The molecule has 2 aromatic carbocycles. The second kappa shape index (κ2) is 9.35. The highest BCUT2D eigenvalue weighted by Crippen LogP contribution is 2.24.